The molecular formula is C21H18O6. The van der Waals surface area contributed by atoms with Crippen molar-refractivity contribution in [3.63, 3.8) is 0 Å². The van der Waals surface area contributed by atoms with Gasteiger partial charge in [0.15, 0.2) is 17.3 Å². The van der Waals surface area contributed by atoms with Crippen molar-refractivity contribution in [2.24, 2.45) is 0 Å². The van der Waals surface area contributed by atoms with Crippen LogP contribution in [0.25, 0.3) is 0 Å². The Kier molecular flexibility index (Phi) is 5.04. The minimum absolute atomic E-state index is 0.0167. The van der Waals surface area contributed by atoms with Crippen LogP contribution in [0.1, 0.15) is 40.7 Å². The Morgan fingerprint density at radius 3 is 2.78 bits per heavy atom. The Labute approximate surface area is 156 Å². The largest absolute Gasteiger partial charge is 0.507 e. The number of carbonyl (C=O) groups is 2. The zero-order valence-corrected chi connectivity index (χ0v) is 14.9. The number of ketones is 1. The number of Topliss-reactive ketones (excluding diaryl/α,β-unsaturated/α-hetero) is 1. The zero-order valence-electron chi connectivity index (χ0n) is 14.9. The standard InChI is InChI=1S/C21H18O6/c1-4-9-26-18-10-13(5-7-16(18)25-3)15-11-19(23)27-17-8-6-14(12(2)22)21(24)20(15)17/h1,5-8,10,15,24H,9,11H2,2-3H3. The third kappa shape index (κ3) is 3.44. The number of benzene rings is 2. The molecule has 0 fully saturated rings. The number of esters is 1. The number of rotatable bonds is 5. The average Bonchev–Trinajstić information content (AvgIpc) is 2.65. The molecule has 0 aromatic heterocycles. The topological polar surface area (TPSA) is 82.1 Å². The van der Waals surface area contributed by atoms with Crippen molar-refractivity contribution in [2.45, 2.75) is 19.3 Å². The summed E-state index contributed by atoms with van der Waals surface area (Å²) in [5, 5.41) is 10.6. The molecule has 2 aromatic carbocycles. The van der Waals surface area contributed by atoms with Gasteiger partial charge in [-0.05, 0) is 36.8 Å². The van der Waals surface area contributed by atoms with E-state index in [1.807, 2.05) is 0 Å². The second-order valence-corrected chi connectivity index (χ2v) is 6.06. The number of phenols is 1. The molecule has 1 atom stereocenters. The molecule has 0 saturated heterocycles. The summed E-state index contributed by atoms with van der Waals surface area (Å²) in [5.74, 6) is 2.16. The van der Waals surface area contributed by atoms with Crippen LogP contribution in [0, 0.1) is 12.3 Å². The first-order valence-electron chi connectivity index (χ1n) is 8.28. The predicted molar refractivity (Wildman–Crippen MR) is 97.5 cm³/mol. The monoisotopic (exact) mass is 366 g/mol. The second kappa shape index (κ2) is 7.42. The smallest absolute Gasteiger partial charge is 0.312 e. The highest BCUT2D eigenvalue weighted by Gasteiger charge is 2.33. The summed E-state index contributed by atoms with van der Waals surface area (Å²) in [4.78, 5) is 23.9. The Morgan fingerprint density at radius 1 is 1.33 bits per heavy atom. The number of terminal acetylenes is 1. The fourth-order valence-electron chi connectivity index (χ4n) is 3.16. The summed E-state index contributed by atoms with van der Waals surface area (Å²) in [7, 11) is 1.51. The lowest BCUT2D eigenvalue weighted by atomic mass is 9.84. The fraction of sp³-hybridized carbons (Fsp3) is 0.238. The van der Waals surface area contributed by atoms with E-state index in [0.717, 1.165) is 0 Å². The molecule has 0 amide bonds. The fourth-order valence-corrected chi connectivity index (χ4v) is 3.16. The average molecular weight is 366 g/mol. The summed E-state index contributed by atoms with van der Waals surface area (Å²) >= 11 is 0. The lowest BCUT2D eigenvalue weighted by Crippen LogP contribution is -2.21. The van der Waals surface area contributed by atoms with Crippen LogP contribution in [-0.2, 0) is 4.79 Å². The summed E-state index contributed by atoms with van der Waals surface area (Å²) in [6.07, 6.45) is 5.27. The maximum absolute atomic E-state index is 12.1. The summed E-state index contributed by atoms with van der Waals surface area (Å²) in [5.41, 5.74) is 1.28. The van der Waals surface area contributed by atoms with Crippen LogP contribution in [0.4, 0.5) is 0 Å². The van der Waals surface area contributed by atoms with E-state index in [1.54, 1.807) is 18.2 Å². The molecule has 0 aliphatic carbocycles. The molecule has 0 radical (unpaired) electrons. The zero-order chi connectivity index (χ0) is 19.6. The number of aromatic hydroxyl groups is 1. The number of phenolic OH excluding ortho intramolecular Hbond substituents is 1. The lowest BCUT2D eigenvalue weighted by Gasteiger charge is -2.27. The highest BCUT2D eigenvalue weighted by molar-refractivity contribution is 5.98. The third-order valence-electron chi connectivity index (χ3n) is 4.40. The highest BCUT2D eigenvalue weighted by Crippen LogP contribution is 2.46. The van der Waals surface area contributed by atoms with Gasteiger partial charge in [-0.3, -0.25) is 9.59 Å². The maximum atomic E-state index is 12.1. The van der Waals surface area contributed by atoms with Crippen molar-refractivity contribution in [1.82, 2.24) is 0 Å². The molecule has 0 spiro atoms. The van der Waals surface area contributed by atoms with Crippen LogP contribution >= 0.6 is 0 Å². The number of carbonyl (C=O) groups excluding carboxylic acids is 2. The predicted octanol–water partition coefficient (Wildman–Crippen LogP) is 3.06. The van der Waals surface area contributed by atoms with Crippen LogP contribution in [0.15, 0.2) is 30.3 Å². The van der Waals surface area contributed by atoms with E-state index >= 15 is 0 Å². The van der Waals surface area contributed by atoms with Crippen molar-refractivity contribution in [2.75, 3.05) is 13.7 Å². The van der Waals surface area contributed by atoms with Crippen LogP contribution < -0.4 is 14.2 Å². The normalized spacial score (nSPS) is 15.3. The molecule has 1 aliphatic heterocycles. The van der Waals surface area contributed by atoms with Crippen molar-refractivity contribution in [3.8, 4) is 35.3 Å². The quantitative estimate of drug-likeness (QED) is 0.379. The first-order valence-corrected chi connectivity index (χ1v) is 8.28. The summed E-state index contributed by atoms with van der Waals surface area (Å²) in [6, 6.07) is 8.15. The molecule has 2 aromatic rings. The van der Waals surface area contributed by atoms with E-state index in [-0.39, 0.29) is 35.9 Å². The number of ether oxygens (including phenoxy) is 3. The van der Waals surface area contributed by atoms with Crippen LogP contribution in [0.2, 0.25) is 0 Å². The minimum Gasteiger partial charge on any atom is -0.507 e. The van der Waals surface area contributed by atoms with Crippen molar-refractivity contribution < 1.29 is 28.9 Å². The number of fused-ring (bicyclic) bond motifs is 1. The molecule has 6 nitrogen and oxygen atoms in total. The second-order valence-electron chi connectivity index (χ2n) is 6.06. The summed E-state index contributed by atoms with van der Waals surface area (Å²) in [6.45, 7) is 1.42. The first kappa shape index (κ1) is 18.3. The molecule has 138 valence electrons. The number of hydrogen-bond acceptors (Lipinski definition) is 6. The number of methoxy groups -OCH3 is 1. The Bertz CT molecular complexity index is 954. The van der Waals surface area contributed by atoms with Gasteiger partial charge in [-0.2, -0.15) is 0 Å². The van der Waals surface area contributed by atoms with E-state index in [1.165, 1.54) is 26.2 Å². The van der Waals surface area contributed by atoms with Gasteiger partial charge in [-0.25, -0.2) is 0 Å². The molecule has 1 N–H and O–H groups in total. The van der Waals surface area contributed by atoms with Crippen molar-refractivity contribution >= 4 is 11.8 Å². The van der Waals surface area contributed by atoms with Gasteiger partial charge < -0.3 is 19.3 Å². The lowest BCUT2D eigenvalue weighted by molar-refractivity contribution is -0.135. The SMILES string of the molecule is C#CCOc1cc(C2CC(=O)Oc3ccc(C(C)=O)c(O)c32)ccc1OC. The van der Waals surface area contributed by atoms with Gasteiger partial charge >= 0.3 is 5.97 Å². The van der Waals surface area contributed by atoms with E-state index in [9.17, 15) is 14.7 Å². The Balaban J connectivity index is 2.13. The van der Waals surface area contributed by atoms with Crippen LogP contribution in [-0.4, -0.2) is 30.6 Å². The maximum Gasteiger partial charge on any atom is 0.312 e. The van der Waals surface area contributed by atoms with Gasteiger partial charge in [-0.15, -0.1) is 6.42 Å². The van der Waals surface area contributed by atoms with Crippen LogP contribution in [0.5, 0.6) is 23.0 Å². The molecule has 0 bridgehead atoms. The Morgan fingerprint density at radius 2 is 2.11 bits per heavy atom. The third-order valence-corrected chi connectivity index (χ3v) is 4.40. The van der Waals surface area contributed by atoms with E-state index in [2.05, 4.69) is 5.92 Å². The molecule has 27 heavy (non-hydrogen) atoms. The molecule has 0 saturated carbocycles. The van der Waals surface area contributed by atoms with Gasteiger partial charge in [0.25, 0.3) is 0 Å². The van der Waals surface area contributed by atoms with E-state index in [0.29, 0.717) is 22.6 Å². The van der Waals surface area contributed by atoms with E-state index in [4.69, 9.17) is 20.6 Å². The highest BCUT2D eigenvalue weighted by atomic mass is 16.5. The summed E-state index contributed by atoms with van der Waals surface area (Å²) < 4.78 is 16.0. The van der Waals surface area contributed by atoms with Crippen molar-refractivity contribution in [1.29, 1.82) is 0 Å². The van der Waals surface area contributed by atoms with Gasteiger partial charge in [0.2, 0.25) is 0 Å². The van der Waals surface area contributed by atoms with Crippen LogP contribution in [0.3, 0.4) is 0 Å². The van der Waals surface area contributed by atoms with E-state index < -0.39 is 11.9 Å². The molecule has 3 rings (SSSR count). The van der Waals surface area contributed by atoms with Gasteiger partial charge in [0.05, 0.1) is 19.1 Å². The molecule has 1 unspecified atom stereocenters. The number of hydrogen-bond donors (Lipinski definition) is 1. The van der Waals surface area contributed by atoms with Crippen molar-refractivity contribution in [3.05, 3.63) is 47.0 Å². The van der Waals surface area contributed by atoms with Gasteiger partial charge in [0, 0.05) is 11.5 Å². The minimum atomic E-state index is -0.500. The van der Waals surface area contributed by atoms with Gasteiger partial charge in [0.1, 0.15) is 18.1 Å². The Hall–Kier alpha value is -3.46. The molecule has 1 aliphatic rings. The molecular weight excluding hydrogens is 348 g/mol. The first-order chi connectivity index (χ1) is 13.0. The van der Waals surface area contributed by atoms with Gasteiger partial charge in [-0.1, -0.05) is 12.0 Å². The molecule has 1 heterocycles. The molecule has 6 heteroatoms.